The summed E-state index contributed by atoms with van der Waals surface area (Å²) in [5, 5.41) is 5.98. The second-order valence-corrected chi connectivity index (χ2v) is 10.1. The summed E-state index contributed by atoms with van der Waals surface area (Å²) in [5.41, 5.74) is 1.55. The highest BCUT2D eigenvalue weighted by atomic mass is 79.9. The first-order valence-electron chi connectivity index (χ1n) is 10.4. The number of rotatable bonds is 4. The van der Waals surface area contributed by atoms with Crippen molar-refractivity contribution in [3.63, 3.8) is 0 Å². The fourth-order valence-electron chi connectivity index (χ4n) is 3.76. The van der Waals surface area contributed by atoms with Crippen molar-refractivity contribution >= 4 is 38.5 Å². The molecule has 0 aromatic heterocycles. The number of nitrogens with zero attached hydrogens (tertiary/aromatic N) is 2. The second kappa shape index (κ2) is 8.88. The van der Waals surface area contributed by atoms with Crippen molar-refractivity contribution < 1.29 is 9.53 Å². The first-order valence-corrected chi connectivity index (χ1v) is 11.2. The summed E-state index contributed by atoms with van der Waals surface area (Å²) < 4.78 is 6.74. The summed E-state index contributed by atoms with van der Waals surface area (Å²) in [5.74, 6) is 0. The molecule has 1 aliphatic heterocycles. The minimum Gasteiger partial charge on any atom is -0.444 e. The zero-order valence-electron chi connectivity index (χ0n) is 18.7. The molecule has 0 bridgehead atoms. The van der Waals surface area contributed by atoms with Gasteiger partial charge >= 0.3 is 6.09 Å². The van der Waals surface area contributed by atoms with Crippen LogP contribution < -0.4 is 5.32 Å². The van der Waals surface area contributed by atoms with Crippen LogP contribution in [0.4, 0.5) is 4.79 Å². The molecular formula is C24H32BrN3O2. The van der Waals surface area contributed by atoms with Gasteiger partial charge < -0.3 is 15.0 Å². The van der Waals surface area contributed by atoms with Crippen molar-refractivity contribution in [2.24, 2.45) is 0 Å². The van der Waals surface area contributed by atoms with Gasteiger partial charge in [0.15, 0.2) is 0 Å². The van der Waals surface area contributed by atoms with Crippen molar-refractivity contribution in [1.29, 1.82) is 0 Å². The standard InChI is InChI=1S/C24H32BrN3O2/c1-16-7-12-22(28(16)23(29)30-24(2,3)4)26-21(15-27(5)6)19-9-8-18-14-20(25)11-10-17(18)13-19/h8-11,13-16,22,26H,7,12H2,1-6H3/b21-15-/t16-,22?/m0/s1. The molecule has 0 radical (unpaired) electrons. The average Bonchev–Trinajstić information content (AvgIpc) is 2.99. The van der Waals surface area contributed by atoms with Crippen molar-refractivity contribution in [1.82, 2.24) is 15.1 Å². The summed E-state index contributed by atoms with van der Waals surface area (Å²) >= 11 is 3.54. The van der Waals surface area contributed by atoms with Gasteiger partial charge in [0.1, 0.15) is 11.8 Å². The van der Waals surface area contributed by atoms with Gasteiger partial charge in [-0.2, -0.15) is 0 Å². The fourth-order valence-corrected chi connectivity index (χ4v) is 4.14. The van der Waals surface area contributed by atoms with Gasteiger partial charge in [-0.25, -0.2) is 4.79 Å². The van der Waals surface area contributed by atoms with Crippen LogP contribution in [0.15, 0.2) is 47.1 Å². The molecule has 1 aliphatic rings. The number of hydrogen-bond donors (Lipinski definition) is 1. The molecule has 1 N–H and O–H groups in total. The van der Waals surface area contributed by atoms with Crippen LogP contribution in [0.3, 0.4) is 0 Å². The summed E-state index contributed by atoms with van der Waals surface area (Å²) in [6, 6.07) is 12.8. The van der Waals surface area contributed by atoms with Crippen LogP contribution in [0.5, 0.6) is 0 Å². The minimum atomic E-state index is -0.515. The third kappa shape index (κ3) is 5.48. The zero-order valence-corrected chi connectivity index (χ0v) is 20.3. The lowest BCUT2D eigenvalue weighted by Gasteiger charge is -2.33. The maximum absolute atomic E-state index is 12.9. The van der Waals surface area contributed by atoms with Gasteiger partial charge in [0, 0.05) is 30.8 Å². The van der Waals surface area contributed by atoms with Crippen LogP contribution >= 0.6 is 15.9 Å². The number of ether oxygens (including phenoxy) is 1. The van der Waals surface area contributed by atoms with Crippen LogP contribution in [0.25, 0.3) is 16.5 Å². The van der Waals surface area contributed by atoms with Gasteiger partial charge in [-0.3, -0.25) is 4.90 Å². The predicted molar refractivity (Wildman–Crippen MR) is 127 cm³/mol. The Morgan fingerprint density at radius 1 is 1.17 bits per heavy atom. The summed E-state index contributed by atoms with van der Waals surface area (Å²) in [4.78, 5) is 16.7. The molecular weight excluding hydrogens is 442 g/mol. The molecule has 1 fully saturated rings. The van der Waals surface area contributed by atoms with Crippen LogP contribution in [0.1, 0.15) is 46.1 Å². The molecule has 0 aliphatic carbocycles. The van der Waals surface area contributed by atoms with E-state index in [2.05, 4.69) is 70.8 Å². The average molecular weight is 474 g/mol. The van der Waals surface area contributed by atoms with E-state index in [1.807, 2.05) is 44.7 Å². The van der Waals surface area contributed by atoms with Crippen LogP contribution in [0, 0.1) is 0 Å². The van der Waals surface area contributed by atoms with E-state index in [0.29, 0.717) is 0 Å². The zero-order chi connectivity index (χ0) is 22.1. The van der Waals surface area contributed by atoms with E-state index in [1.54, 1.807) is 0 Å². The Kier molecular flexibility index (Phi) is 6.65. The highest BCUT2D eigenvalue weighted by Crippen LogP contribution is 2.28. The molecule has 30 heavy (non-hydrogen) atoms. The van der Waals surface area contributed by atoms with Crippen molar-refractivity contribution in [3.8, 4) is 0 Å². The van der Waals surface area contributed by atoms with E-state index in [4.69, 9.17) is 4.74 Å². The van der Waals surface area contributed by atoms with Crippen molar-refractivity contribution in [2.75, 3.05) is 14.1 Å². The second-order valence-electron chi connectivity index (χ2n) is 9.19. The van der Waals surface area contributed by atoms with E-state index >= 15 is 0 Å². The normalized spacial score (nSPS) is 19.8. The lowest BCUT2D eigenvalue weighted by atomic mass is 10.0. The third-order valence-electron chi connectivity index (χ3n) is 5.10. The Labute approximate surface area is 188 Å². The summed E-state index contributed by atoms with van der Waals surface area (Å²) in [6.45, 7) is 7.78. The molecule has 2 aromatic rings. The van der Waals surface area contributed by atoms with Gasteiger partial charge in [-0.1, -0.05) is 34.1 Å². The van der Waals surface area contributed by atoms with Crippen LogP contribution in [-0.2, 0) is 4.74 Å². The molecule has 1 unspecified atom stereocenters. The number of fused-ring (bicyclic) bond motifs is 1. The number of amides is 1. The molecule has 5 nitrogen and oxygen atoms in total. The van der Waals surface area contributed by atoms with E-state index in [0.717, 1.165) is 28.6 Å². The van der Waals surface area contributed by atoms with Crippen LogP contribution in [0.2, 0.25) is 0 Å². The lowest BCUT2D eigenvalue weighted by molar-refractivity contribution is 0.0146. The Balaban J connectivity index is 1.89. The number of likely N-dealkylation sites (tertiary alicyclic amines) is 1. The molecule has 2 aromatic carbocycles. The molecule has 0 spiro atoms. The maximum Gasteiger partial charge on any atom is 0.412 e. The third-order valence-corrected chi connectivity index (χ3v) is 5.59. The number of carbonyl (C=O) groups is 1. The smallest absolute Gasteiger partial charge is 0.412 e. The molecule has 3 rings (SSSR count). The number of halogens is 1. The maximum atomic E-state index is 12.9. The largest absolute Gasteiger partial charge is 0.444 e. The van der Waals surface area contributed by atoms with E-state index in [1.165, 1.54) is 10.8 Å². The fraction of sp³-hybridized carbons (Fsp3) is 0.458. The van der Waals surface area contributed by atoms with Gasteiger partial charge in [0.05, 0.1) is 5.70 Å². The first kappa shape index (κ1) is 22.5. The Hall–Kier alpha value is -2.21. The van der Waals surface area contributed by atoms with Gasteiger partial charge in [0.2, 0.25) is 0 Å². The molecule has 1 heterocycles. The Bertz CT molecular complexity index is 949. The van der Waals surface area contributed by atoms with Gasteiger partial charge in [0.25, 0.3) is 0 Å². The highest BCUT2D eigenvalue weighted by Gasteiger charge is 2.37. The van der Waals surface area contributed by atoms with Crippen molar-refractivity contribution in [3.05, 3.63) is 52.6 Å². The topological polar surface area (TPSA) is 44.8 Å². The Morgan fingerprint density at radius 2 is 1.83 bits per heavy atom. The molecule has 1 amide bonds. The van der Waals surface area contributed by atoms with E-state index < -0.39 is 5.60 Å². The first-order chi connectivity index (χ1) is 14.0. The lowest BCUT2D eigenvalue weighted by Crippen LogP contribution is -2.48. The van der Waals surface area contributed by atoms with Gasteiger partial charge in [-0.15, -0.1) is 0 Å². The van der Waals surface area contributed by atoms with Gasteiger partial charge in [-0.05, 0) is 75.1 Å². The SMILES string of the molecule is C[C@H]1CCC(N/C(=C\N(C)C)c2ccc3cc(Br)ccc3c2)N1C(=O)OC(C)(C)C. The molecule has 2 atom stereocenters. The summed E-state index contributed by atoms with van der Waals surface area (Å²) in [6.07, 6.45) is 3.51. The Morgan fingerprint density at radius 3 is 2.50 bits per heavy atom. The molecule has 162 valence electrons. The number of nitrogens with one attached hydrogen (secondary N) is 1. The predicted octanol–water partition coefficient (Wildman–Crippen LogP) is 5.80. The number of carbonyl (C=O) groups excluding carboxylic acids is 1. The monoisotopic (exact) mass is 473 g/mol. The summed E-state index contributed by atoms with van der Waals surface area (Å²) in [7, 11) is 4.01. The van der Waals surface area contributed by atoms with Crippen LogP contribution in [-0.4, -0.2) is 47.8 Å². The molecule has 0 saturated carbocycles. The minimum absolute atomic E-state index is 0.110. The van der Waals surface area contributed by atoms with E-state index in [-0.39, 0.29) is 18.3 Å². The number of benzene rings is 2. The number of hydrogen-bond acceptors (Lipinski definition) is 4. The quantitative estimate of drug-likeness (QED) is 0.609. The van der Waals surface area contributed by atoms with E-state index in [9.17, 15) is 4.79 Å². The highest BCUT2D eigenvalue weighted by molar-refractivity contribution is 9.10. The van der Waals surface area contributed by atoms with Crippen molar-refractivity contribution in [2.45, 2.75) is 58.3 Å². The molecule has 1 saturated heterocycles. The molecule has 6 heteroatoms.